The van der Waals surface area contributed by atoms with E-state index in [1.165, 1.54) is 24.3 Å². The lowest BCUT2D eigenvalue weighted by Gasteiger charge is -2.09. The Morgan fingerprint density at radius 1 is 1.48 bits per heavy atom. The van der Waals surface area contributed by atoms with E-state index in [1.807, 2.05) is 0 Å². The Bertz CT molecular complexity index is 748. The number of hydrogen-bond donors (Lipinski definition) is 0. The molecule has 1 aliphatic heterocycles. The summed E-state index contributed by atoms with van der Waals surface area (Å²) in [7, 11) is 1.14. The first-order valence-corrected chi connectivity index (χ1v) is 7.29. The number of ether oxygens (including phenoxy) is 1. The van der Waals surface area contributed by atoms with Crippen molar-refractivity contribution in [3.63, 3.8) is 0 Å². The van der Waals surface area contributed by atoms with E-state index in [0.717, 1.165) is 12.0 Å². The van der Waals surface area contributed by atoms with Gasteiger partial charge in [0.1, 0.15) is 11.6 Å². The van der Waals surface area contributed by atoms with Gasteiger partial charge in [-0.2, -0.15) is 0 Å². The standard InChI is InChI=1S/C13H9ClN2O6S/c1-22-11(17)6-15-12(18)10(23-13(15)19)5-7-2-3-8(14)9(4-7)16(20)21/h2-5H,6H2,1H3/b10-5-. The van der Waals surface area contributed by atoms with Gasteiger partial charge in [0.25, 0.3) is 16.8 Å². The molecule has 1 saturated heterocycles. The number of nitro groups is 1. The quantitative estimate of drug-likeness (QED) is 0.353. The zero-order valence-corrected chi connectivity index (χ0v) is 13.2. The highest BCUT2D eigenvalue weighted by Crippen LogP contribution is 2.33. The summed E-state index contributed by atoms with van der Waals surface area (Å²) < 4.78 is 4.41. The number of nitro benzene ring substituents is 1. The summed E-state index contributed by atoms with van der Waals surface area (Å²) in [5.74, 6) is -1.39. The van der Waals surface area contributed by atoms with Crippen molar-refractivity contribution in [1.82, 2.24) is 4.90 Å². The van der Waals surface area contributed by atoms with Gasteiger partial charge in [0, 0.05) is 6.07 Å². The first-order chi connectivity index (χ1) is 10.8. The maximum absolute atomic E-state index is 12.1. The van der Waals surface area contributed by atoms with Crippen LogP contribution in [0.2, 0.25) is 5.02 Å². The third-order valence-corrected chi connectivity index (χ3v) is 4.08. The third kappa shape index (κ3) is 3.69. The molecule has 10 heteroatoms. The number of nitrogens with zero attached hydrogens (tertiary/aromatic N) is 2. The molecule has 0 bridgehead atoms. The minimum Gasteiger partial charge on any atom is -0.468 e. The van der Waals surface area contributed by atoms with Crippen LogP contribution >= 0.6 is 23.4 Å². The van der Waals surface area contributed by atoms with E-state index in [2.05, 4.69) is 4.74 Å². The van der Waals surface area contributed by atoms with Crippen molar-refractivity contribution in [1.29, 1.82) is 0 Å². The molecule has 1 heterocycles. The number of imide groups is 1. The third-order valence-electron chi connectivity index (χ3n) is 2.85. The van der Waals surface area contributed by atoms with Crippen molar-refractivity contribution in [2.75, 3.05) is 13.7 Å². The Kier molecular flexibility index (Phi) is 5.02. The normalized spacial score (nSPS) is 16.1. The molecular weight excluding hydrogens is 348 g/mol. The number of methoxy groups -OCH3 is 1. The fourth-order valence-electron chi connectivity index (χ4n) is 1.74. The van der Waals surface area contributed by atoms with Crippen LogP contribution in [0, 0.1) is 10.1 Å². The van der Waals surface area contributed by atoms with Crippen molar-refractivity contribution < 1.29 is 24.0 Å². The van der Waals surface area contributed by atoms with Crippen LogP contribution < -0.4 is 0 Å². The number of benzene rings is 1. The summed E-state index contributed by atoms with van der Waals surface area (Å²) in [5, 5.41) is 10.2. The van der Waals surface area contributed by atoms with Crippen LogP contribution in [0.15, 0.2) is 23.1 Å². The molecule has 0 saturated carbocycles. The Balaban J connectivity index is 2.29. The fourth-order valence-corrected chi connectivity index (χ4v) is 2.77. The highest BCUT2D eigenvalue weighted by molar-refractivity contribution is 8.18. The second kappa shape index (κ2) is 6.80. The number of carbonyl (C=O) groups is 3. The van der Waals surface area contributed by atoms with Gasteiger partial charge in [-0.05, 0) is 29.5 Å². The monoisotopic (exact) mass is 356 g/mol. The largest absolute Gasteiger partial charge is 0.468 e. The van der Waals surface area contributed by atoms with Crippen LogP contribution in [0.3, 0.4) is 0 Å². The van der Waals surface area contributed by atoms with E-state index < -0.39 is 28.6 Å². The summed E-state index contributed by atoms with van der Waals surface area (Å²) in [4.78, 5) is 46.0. The van der Waals surface area contributed by atoms with Crippen LogP contribution in [0.25, 0.3) is 6.08 Å². The van der Waals surface area contributed by atoms with Crippen LogP contribution in [-0.2, 0) is 14.3 Å². The van der Waals surface area contributed by atoms with E-state index in [1.54, 1.807) is 0 Å². The van der Waals surface area contributed by atoms with Crippen molar-refractivity contribution in [3.05, 3.63) is 43.8 Å². The van der Waals surface area contributed by atoms with E-state index in [0.29, 0.717) is 17.3 Å². The van der Waals surface area contributed by atoms with Crippen LogP contribution in [0.5, 0.6) is 0 Å². The molecule has 1 fully saturated rings. The van der Waals surface area contributed by atoms with Gasteiger partial charge in [0.2, 0.25) is 0 Å². The predicted molar refractivity (Wildman–Crippen MR) is 82.8 cm³/mol. The highest BCUT2D eigenvalue weighted by atomic mass is 35.5. The average Bonchev–Trinajstić information content (AvgIpc) is 2.76. The molecule has 0 unspecified atom stereocenters. The molecule has 120 valence electrons. The van der Waals surface area contributed by atoms with Crippen LogP contribution in [-0.4, -0.2) is 40.6 Å². The Morgan fingerprint density at radius 3 is 2.78 bits per heavy atom. The fraction of sp³-hybridized carbons (Fsp3) is 0.154. The number of hydrogen-bond acceptors (Lipinski definition) is 7. The first-order valence-electron chi connectivity index (χ1n) is 6.09. The molecule has 23 heavy (non-hydrogen) atoms. The lowest BCUT2D eigenvalue weighted by Crippen LogP contribution is -2.34. The number of esters is 1. The minimum atomic E-state index is -0.726. The van der Waals surface area contributed by atoms with Crippen molar-refractivity contribution in [3.8, 4) is 0 Å². The first kappa shape index (κ1) is 17.0. The number of carbonyl (C=O) groups excluding carboxylic acids is 3. The van der Waals surface area contributed by atoms with Gasteiger partial charge in [0.15, 0.2) is 0 Å². The van der Waals surface area contributed by atoms with Gasteiger partial charge in [-0.25, -0.2) is 0 Å². The SMILES string of the molecule is COC(=O)CN1C(=O)S/C(=C\c2ccc(Cl)c([N+](=O)[O-])c2)C1=O. The number of thioether (sulfide) groups is 1. The molecule has 0 N–H and O–H groups in total. The van der Waals surface area contributed by atoms with E-state index >= 15 is 0 Å². The molecule has 0 aromatic heterocycles. The van der Waals surface area contributed by atoms with Crippen LogP contribution in [0.1, 0.15) is 5.56 Å². The Morgan fingerprint density at radius 2 is 2.17 bits per heavy atom. The second-order valence-corrected chi connectivity index (χ2v) is 5.71. The highest BCUT2D eigenvalue weighted by Gasteiger charge is 2.36. The molecular formula is C13H9ClN2O6S. The molecule has 0 aliphatic carbocycles. The number of halogens is 1. The van der Waals surface area contributed by atoms with E-state index in [9.17, 15) is 24.5 Å². The lowest BCUT2D eigenvalue weighted by molar-refractivity contribution is -0.384. The van der Waals surface area contributed by atoms with Gasteiger partial charge in [-0.15, -0.1) is 0 Å². The van der Waals surface area contributed by atoms with Gasteiger partial charge in [-0.3, -0.25) is 29.4 Å². The summed E-state index contributed by atoms with van der Waals surface area (Å²) in [5.41, 5.74) is 0.0267. The zero-order valence-electron chi connectivity index (χ0n) is 11.6. The summed E-state index contributed by atoms with van der Waals surface area (Å²) in [6.45, 7) is -0.487. The molecule has 0 spiro atoms. The average molecular weight is 357 g/mol. The van der Waals surface area contributed by atoms with Gasteiger partial charge >= 0.3 is 5.97 Å². The van der Waals surface area contributed by atoms with Crippen molar-refractivity contribution >= 4 is 52.2 Å². The number of rotatable bonds is 4. The van der Waals surface area contributed by atoms with Gasteiger partial charge < -0.3 is 4.74 Å². The smallest absolute Gasteiger partial charge is 0.325 e. The second-order valence-electron chi connectivity index (χ2n) is 4.31. The summed E-state index contributed by atoms with van der Waals surface area (Å²) >= 11 is 6.34. The summed E-state index contributed by atoms with van der Waals surface area (Å²) in [6.07, 6.45) is 1.32. The summed E-state index contributed by atoms with van der Waals surface area (Å²) in [6, 6.07) is 3.99. The molecule has 0 radical (unpaired) electrons. The van der Waals surface area contributed by atoms with Crippen molar-refractivity contribution in [2.45, 2.75) is 0 Å². The molecule has 1 aromatic carbocycles. The Labute approximate surface area is 139 Å². The molecule has 2 rings (SSSR count). The molecule has 1 aromatic rings. The minimum absolute atomic E-state index is 0.0362. The lowest BCUT2D eigenvalue weighted by atomic mass is 10.2. The predicted octanol–water partition coefficient (Wildman–Crippen LogP) is 2.46. The van der Waals surface area contributed by atoms with Crippen molar-refractivity contribution in [2.24, 2.45) is 0 Å². The maximum Gasteiger partial charge on any atom is 0.325 e. The topological polar surface area (TPSA) is 107 Å². The van der Waals surface area contributed by atoms with Gasteiger partial charge in [-0.1, -0.05) is 17.7 Å². The van der Waals surface area contributed by atoms with Gasteiger partial charge in [0.05, 0.1) is 16.9 Å². The van der Waals surface area contributed by atoms with Crippen LogP contribution in [0.4, 0.5) is 10.5 Å². The molecule has 8 nitrogen and oxygen atoms in total. The number of amides is 2. The molecule has 2 amide bonds. The molecule has 0 atom stereocenters. The Hall–Kier alpha value is -2.39. The van der Waals surface area contributed by atoms with E-state index in [4.69, 9.17) is 11.6 Å². The molecule has 1 aliphatic rings. The maximum atomic E-state index is 12.1. The van der Waals surface area contributed by atoms with E-state index in [-0.39, 0.29) is 15.6 Å². The zero-order chi connectivity index (χ0) is 17.1.